The lowest BCUT2D eigenvalue weighted by molar-refractivity contribution is 0.0951. The average molecular weight is 440 g/mol. The van der Waals surface area contributed by atoms with Crippen LogP contribution in [0.3, 0.4) is 0 Å². The number of sulfonamides is 1. The number of anilines is 1. The molecule has 0 aliphatic heterocycles. The Bertz CT molecular complexity index is 1120. The number of ether oxygens (including phenoxy) is 1. The number of nitrogens with one attached hydrogen (secondary N) is 2. The van der Waals surface area contributed by atoms with Crippen molar-refractivity contribution in [3.63, 3.8) is 0 Å². The van der Waals surface area contributed by atoms with Crippen LogP contribution < -0.4 is 14.8 Å². The average Bonchev–Trinajstić information content (AvgIpc) is 2.77. The molecule has 0 bridgehead atoms. The van der Waals surface area contributed by atoms with Gasteiger partial charge in [0.05, 0.1) is 11.4 Å². The van der Waals surface area contributed by atoms with Crippen molar-refractivity contribution in [1.82, 2.24) is 10.3 Å². The van der Waals surface area contributed by atoms with Gasteiger partial charge in [0.25, 0.3) is 5.91 Å². The van der Waals surface area contributed by atoms with Crippen LogP contribution in [-0.4, -0.2) is 25.1 Å². The van der Waals surface area contributed by atoms with Crippen LogP contribution in [0, 0.1) is 0 Å². The largest absolute Gasteiger partial charge is 0.487 e. The summed E-state index contributed by atoms with van der Waals surface area (Å²) in [7, 11) is -3.41. The van der Waals surface area contributed by atoms with Gasteiger partial charge in [0.1, 0.15) is 12.4 Å². The van der Waals surface area contributed by atoms with Crippen LogP contribution in [0.15, 0.2) is 72.9 Å². The summed E-state index contributed by atoms with van der Waals surface area (Å²) in [6.45, 7) is 2.46. The van der Waals surface area contributed by atoms with Crippen molar-refractivity contribution in [2.45, 2.75) is 26.5 Å². The third kappa shape index (κ3) is 7.11. The third-order valence-corrected chi connectivity index (χ3v) is 5.83. The van der Waals surface area contributed by atoms with E-state index in [2.05, 4.69) is 15.0 Å². The maximum atomic E-state index is 12.5. The highest BCUT2D eigenvalue weighted by atomic mass is 32.2. The van der Waals surface area contributed by atoms with E-state index in [1.54, 1.807) is 31.3 Å². The lowest BCUT2D eigenvalue weighted by Crippen LogP contribution is -2.23. The SMILES string of the molecule is CCCS(=O)(=O)Nc1cccc(C(=O)NCc2cccc(OCc3ccccn3)c2)c1. The Morgan fingerprint density at radius 3 is 2.65 bits per heavy atom. The van der Waals surface area contributed by atoms with E-state index in [9.17, 15) is 13.2 Å². The molecule has 0 saturated heterocycles. The van der Waals surface area contributed by atoms with Gasteiger partial charge in [0.15, 0.2) is 0 Å². The minimum Gasteiger partial charge on any atom is -0.487 e. The molecule has 0 atom stereocenters. The van der Waals surface area contributed by atoms with E-state index in [4.69, 9.17) is 4.74 Å². The molecule has 162 valence electrons. The van der Waals surface area contributed by atoms with Crippen molar-refractivity contribution in [3.05, 3.63) is 89.7 Å². The molecule has 0 saturated carbocycles. The maximum Gasteiger partial charge on any atom is 0.251 e. The molecule has 1 aromatic heterocycles. The van der Waals surface area contributed by atoms with Crippen molar-refractivity contribution in [3.8, 4) is 5.75 Å². The van der Waals surface area contributed by atoms with E-state index in [0.717, 1.165) is 11.3 Å². The number of carbonyl (C=O) groups is 1. The molecule has 3 rings (SSSR count). The van der Waals surface area contributed by atoms with Crippen LogP contribution in [0.1, 0.15) is 35.0 Å². The molecule has 0 aliphatic carbocycles. The molecule has 7 nitrogen and oxygen atoms in total. The highest BCUT2D eigenvalue weighted by molar-refractivity contribution is 7.92. The topological polar surface area (TPSA) is 97.4 Å². The van der Waals surface area contributed by atoms with Crippen molar-refractivity contribution >= 4 is 21.6 Å². The molecule has 2 N–H and O–H groups in total. The Kier molecular flexibility index (Phi) is 7.61. The summed E-state index contributed by atoms with van der Waals surface area (Å²) in [6, 6.07) is 19.5. The summed E-state index contributed by atoms with van der Waals surface area (Å²) in [6.07, 6.45) is 2.23. The van der Waals surface area contributed by atoms with E-state index < -0.39 is 10.0 Å². The summed E-state index contributed by atoms with van der Waals surface area (Å²) in [5.41, 5.74) is 2.45. The minimum atomic E-state index is -3.41. The van der Waals surface area contributed by atoms with Crippen molar-refractivity contribution in [2.24, 2.45) is 0 Å². The van der Waals surface area contributed by atoms with Gasteiger partial charge >= 0.3 is 0 Å². The number of pyridine rings is 1. The van der Waals surface area contributed by atoms with E-state index in [0.29, 0.717) is 36.6 Å². The van der Waals surface area contributed by atoms with Gasteiger partial charge in [0.2, 0.25) is 10.0 Å². The van der Waals surface area contributed by atoms with Crippen molar-refractivity contribution in [1.29, 1.82) is 0 Å². The first kappa shape index (κ1) is 22.3. The molecule has 31 heavy (non-hydrogen) atoms. The third-order valence-electron chi connectivity index (χ3n) is 4.34. The lowest BCUT2D eigenvalue weighted by Gasteiger charge is -2.10. The highest BCUT2D eigenvalue weighted by Gasteiger charge is 2.11. The van der Waals surface area contributed by atoms with Crippen LogP contribution in [0.25, 0.3) is 0 Å². The van der Waals surface area contributed by atoms with Crippen LogP contribution in [-0.2, 0) is 23.2 Å². The van der Waals surface area contributed by atoms with Gasteiger partial charge in [-0.05, 0) is 54.4 Å². The van der Waals surface area contributed by atoms with Crippen molar-refractivity contribution in [2.75, 3.05) is 10.5 Å². The number of nitrogens with zero attached hydrogens (tertiary/aromatic N) is 1. The summed E-state index contributed by atoms with van der Waals surface area (Å²) < 4.78 is 32.1. The fourth-order valence-electron chi connectivity index (χ4n) is 2.89. The first-order chi connectivity index (χ1) is 14.9. The summed E-state index contributed by atoms with van der Waals surface area (Å²) in [4.78, 5) is 16.8. The Labute approximate surface area is 182 Å². The molecule has 8 heteroatoms. The fourth-order valence-corrected chi connectivity index (χ4v) is 4.02. The van der Waals surface area contributed by atoms with E-state index in [1.165, 1.54) is 6.07 Å². The van der Waals surface area contributed by atoms with Crippen LogP contribution in [0.5, 0.6) is 5.75 Å². The second-order valence-electron chi connectivity index (χ2n) is 6.94. The Hall–Kier alpha value is -3.39. The molecule has 0 spiro atoms. The molecule has 0 unspecified atom stereocenters. The molecule has 1 heterocycles. The Morgan fingerprint density at radius 2 is 1.87 bits per heavy atom. The van der Waals surface area contributed by atoms with E-state index in [1.807, 2.05) is 42.5 Å². The Morgan fingerprint density at radius 1 is 1.03 bits per heavy atom. The molecule has 0 radical (unpaired) electrons. The Balaban J connectivity index is 1.57. The summed E-state index contributed by atoms with van der Waals surface area (Å²) in [5, 5.41) is 2.85. The number of hydrogen-bond donors (Lipinski definition) is 2. The van der Waals surface area contributed by atoms with Gasteiger partial charge in [-0.2, -0.15) is 0 Å². The van der Waals surface area contributed by atoms with Gasteiger partial charge < -0.3 is 10.1 Å². The predicted molar refractivity (Wildman–Crippen MR) is 120 cm³/mol. The number of aromatic nitrogens is 1. The molecule has 0 fully saturated rings. The number of hydrogen-bond acceptors (Lipinski definition) is 5. The second-order valence-corrected chi connectivity index (χ2v) is 8.78. The first-order valence-electron chi connectivity index (χ1n) is 9.95. The molecular formula is C23H25N3O4S. The summed E-state index contributed by atoms with van der Waals surface area (Å²) >= 11 is 0. The number of amides is 1. The second kappa shape index (κ2) is 10.6. The van der Waals surface area contributed by atoms with Gasteiger partial charge in [-0.3, -0.25) is 14.5 Å². The zero-order valence-electron chi connectivity index (χ0n) is 17.2. The normalized spacial score (nSPS) is 11.0. The standard InChI is InChI=1S/C23H25N3O4S/c1-2-13-31(28,29)26-20-10-6-8-19(15-20)23(27)25-16-18-7-5-11-22(14-18)30-17-21-9-3-4-12-24-21/h3-12,14-15,26H,2,13,16-17H2,1H3,(H,25,27). The monoisotopic (exact) mass is 439 g/mol. The van der Waals surface area contributed by atoms with Gasteiger partial charge in [0, 0.05) is 24.0 Å². The maximum absolute atomic E-state index is 12.5. The first-order valence-corrected chi connectivity index (χ1v) is 11.6. The molecule has 0 aliphatic rings. The van der Waals surface area contributed by atoms with E-state index in [-0.39, 0.29) is 11.7 Å². The van der Waals surface area contributed by atoms with Crippen molar-refractivity contribution < 1.29 is 17.9 Å². The molecule has 3 aromatic rings. The van der Waals surface area contributed by atoms with Gasteiger partial charge in [-0.1, -0.05) is 31.2 Å². The fraction of sp³-hybridized carbons (Fsp3) is 0.217. The van der Waals surface area contributed by atoms with Crippen LogP contribution in [0.4, 0.5) is 5.69 Å². The molecule has 1 amide bonds. The van der Waals surface area contributed by atoms with E-state index >= 15 is 0 Å². The van der Waals surface area contributed by atoms with Gasteiger partial charge in [-0.25, -0.2) is 8.42 Å². The lowest BCUT2D eigenvalue weighted by atomic mass is 10.1. The minimum absolute atomic E-state index is 0.0299. The highest BCUT2D eigenvalue weighted by Crippen LogP contribution is 2.16. The van der Waals surface area contributed by atoms with Crippen LogP contribution >= 0.6 is 0 Å². The molecule has 2 aromatic carbocycles. The molecular weight excluding hydrogens is 414 g/mol. The summed E-state index contributed by atoms with van der Waals surface area (Å²) in [5.74, 6) is 0.420. The zero-order valence-corrected chi connectivity index (χ0v) is 18.1. The number of benzene rings is 2. The van der Waals surface area contributed by atoms with Gasteiger partial charge in [-0.15, -0.1) is 0 Å². The number of rotatable bonds is 10. The smallest absolute Gasteiger partial charge is 0.251 e. The quantitative estimate of drug-likeness (QED) is 0.502. The number of carbonyl (C=O) groups excluding carboxylic acids is 1. The van der Waals surface area contributed by atoms with Crippen LogP contribution in [0.2, 0.25) is 0 Å². The predicted octanol–water partition coefficient (Wildman–Crippen LogP) is 3.74. The zero-order chi connectivity index (χ0) is 22.1.